The molecule has 3 rings (SSSR count). The first-order chi connectivity index (χ1) is 11.5. The zero-order valence-corrected chi connectivity index (χ0v) is 14.5. The van der Waals surface area contributed by atoms with Crippen molar-refractivity contribution in [2.75, 3.05) is 5.75 Å². The van der Waals surface area contributed by atoms with Crippen LogP contribution in [0.15, 0.2) is 29.4 Å². The maximum absolute atomic E-state index is 13.1. The van der Waals surface area contributed by atoms with Gasteiger partial charge < -0.3 is 5.32 Å². The van der Waals surface area contributed by atoms with Crippen LogP contribution in [0.2, 0.25) is 0 Å². The highest BCUT2D eigenvalue weighted by molar-refractivity contribution is 7.99. The molecule has 0 radical (unpaired) electrons. The molecule has 0 spiro atoms. The van der Waals surface area contributed by atoms with E-state index in [1.807, 2.05) is 13.8 Å². The Morgan fingerprint density at radius 3 is 2.71 bits per heavy atom. The van der Waals surface area contributed by atoms with Gasteiger partial charge in [0.25, 0.3) is 0 Å². The summed E-state index contributed by atoms with van der Waals surface area (Å²) in [6, 6.07) is 6.47. The molecule has 1 heterocycles. The molecule has 1 aliphatic carbocycles. The molecule has 0 aliphatic heterocycles. The Hall–Kier alpha value is -1.96. The number of hydrogen-bond donors (Lipinski definition) is 1. The zero-order valence-electron chi connectivity index (χ0n) is 13.6. The van der Waals surface area contributed by atoms with Crippen LogP contribution >= 0.6 is 11.8 Å². The van der Waals surface area contributed by atoms with Crippen molar-refractivity contribution in [1.29, 1.82) is 0 Å². The molecule has 6 nitrogen and oxygen atoms in total. The van der Waals surface area contributed by atoms with Crippen molar-refractivity contribution in [3.05, 3.63) is 35.6 Å². The molecule has 1 fully saturated rings. The predicted octanol–water partition coefficient (Wildman–Crippen LogP) is 2.75. The normalized spacial score (nSPS) is 15.5. The van der Waals surface area contributed by atoms with E-state index in [0.29, 0.717) is 11.2 Å². The van der Waals surface area contributed by atoms with Crippen LogP contribution in [-0.4, -0.2) is 31.9 Å². The summed E-state index contributed by atoms with van der Waals surface area (Å²) in [6.07, 6.45) is 2.18. The van der Waals surface area contributed by atoms with Gasteiger partial charge in [-0.15, -0.1) is 5.10 Å². The highest BCUT2D eigenvalue weighted by Crippen LogP contribution is 2.36. The van der Waals surface area contributed by atoms with Gasteiger partial charge in [-0.05, 0) is 46.9 Å². The van der Waals surface area contributed by atoms with Crippen molar-refractivity contribution in [2.45, 2.75) is 43.9 Å². The lowest BCUT2D eigenvalue weighted by Crippen LogP contribution is -2.33. The summed E-state index contributed by atoms with van der Waals surface area (Å²) in [6.45, 7) is 4.05. The molecule has 1 N–H and O–H groups in total. The van der Waals surface area contributed by atoms with Crippen molar-refractivity contribution in [2.24, 2.45) is 5.92 Å². The van der Waals surface area contributed by atoms with Gasteiger partial charge in [-0.25, -0.2) is 9.07 Å². The first kappa shape index (κ1) is 16.9. The lowest BCUT2D eigenvalue weighted by Gasteiger charge is -2.23. The summed E-state index contributed by atoms with van der Waals surface area (Å²) in [4.78, 5) is 12.3. The highest BCUT2D eigenvalue weighted by Gasteiger charge is 2.28. The fourth-order valence-corrected chi connectivity index (χ4v) is 3.23. The Bertz CT molecular complexity index is 699. The van der Waals surface area contributed by atoms with E-state index in [1.54, 1.807) is 16.8 Å². The van der Waals surface area contributed by atoms with Crippen molar-refractivity contribution in [3.8, 4) is 0 Å². The second-order valence-corrected chi connectivity index (χ2v) is 7.21. The van der Waals surface area contributed by atoms with Crippen LogP contribution in [0, 0.1) is 11.7 Å². The molecule has 1 unspecified atom stereocenters. The van der Waals surface area contributed by atoms with Gasteiger partial charge >= 0.3 is 0 Å². The standard InChI is InChI=1S/C16H20FN5OS/c1-10(2)15(11-3-5-12(17)6-4-11)18-14(23)9-24-16-19-20-21-22(16)13-7-8-13/h3-6,10,13,15H,7-9H2,1-2H3,(H,18,23). The third-order valence-electron chi connectivity index (χ3n) is 3.90. The van der Waals surface area contributed by atoms with E-state index in [0.717, 1.165) is 18.4 Å². The number of carbonyl (C=O) groups excluding carboxylic acids is 1. The topological polar surface area (TPSA) is 72.7 Å². The van der Waals surface area contributed by atoms with E-state index in [2.05, 4.69) is 20.8 Å². The molecule has 0 saturated heterocycles. The average molecular weight is 349 g/mol. The smallest absolute Gasteiger partial charge is 0.230 e. The molecule has 8 heteroatoms. The van der Waals surface area contributed by atoms with Crippen LogP contribution < -0.4 is 5.32 Å². The minimum absolute atomic E-state index is 0.0895. The molecule has 0 bridgehead atoms. The minimum Gasteiger partial charge on any atom is -0.348 e. The number of tetrazole rings is 1. The Kier molecular flexibility index (Phi) is 5.13. The average Bonchev–Trinajstić information content (AvgIpc) is 3.29. The maximum atomic E-state index is 13.1. The van der Waals surface area contributed by atoms with Gasteiger partial charge in [0.2, 0.25) is 11.1 Å². The molecular weight excluding hydrogens is 329 g/mol. The Labute approximate surface area is 144 Å². The summed E-state index contributed by atoms with van der Waals surface area (Å²) in [5.74, 6) is 0.0712. The molecular formula is C16H20FN5OS. The number of nitrogens with zero attached hydrogens (tertiary/aromatic N) is 4. The number of rotatable bonds is 7. The molecule has 2 aromatic rings. The van der Waals surface area contributed by atoms with E-state index in [1.165, 1.54) is 23.9 Å². The third-order valence-corrected chi connectivity index (χ3v) is 4.83. The highest BCUT2D eigenvalue weighted by atomic mass is 32.2. The third kappa shape index (κ3) is 4.11. The Morgan fingerprint density at radius 1 is 1.38 bits per heavy atom. The first-order valence-corrected chi connectivity index (χ1v) is 8.98. The van der Waals surface area contributed by atoms with Gasteiger partial charge in [0.15, 0.2) is 0 Å². The number of hydrogen-bond acceptors (Lipinski definition) is 5. The molecule has 1 atom stereocenters. The number of amides is 1. The van der Waals surface area contributed by atoms with Gasteiger partial charge in [0, 0.05) is 0 Å². The monoisotopic (exact) mass is 349 g/mol. The number of halogens is 1. The summed E-state index contributed by atoms with van der Waals surface area (Å²) in [7, 11) is 0. The molecule has 24 heavy (non-hydrogen) atoms. The molecule has 128 valence electrons. The predicted molar refractivity (Wildman–Crippen MR) is 88.9 cm³/mol. The van der Waals surface area contributed by atoms with E-state index in [9.17, 15) is 9.18 Å². The van der Waals surface area contributed by atoms with E-state index in [-0.39, 0.29) is 29.4 Å². The van der Waals surface area contributed by atoms with Crippen molar-refractivity contribution >= 4 is 17.7 Å². The van der Waals surface area contributed by atoms with Gasteiger partial charge in [-0.3, -0.25) is 4.79 Å². The van der Waals surface area contributed by atoms with E-state index >= 15 is 0 Å². The number of thioether (sulfide) groups is 1. The van der Waals surface area contributed by atoms with Crippen molar-refractivity contribution in [1.82, 2.24) is 25.5 Å². The molecule has 1 aromatic carbocycles. The second-order valence-electron chi connectivity index (χ2n) is 6.27. The zero-order chi connectivity index (χ0) is 17.1. The first-order valence-electron chi connectivity index (χ1n) is 8.00. The van der Waals surface area contributed by atoms with Crippen LogP contribution in [-0.2, 0) is 4.79 Å². The lowest BCUT2D eigenvalue weighted by atomic mass is 9.96. The summed E-state index contributed by atoms with van der Waals surface area (Å²) in [5.41, 5.74) is 0.896. The van der Waals surface area contributed by atoms with E-state index in [4.69, 9.17) is 0 Å². The summed E-state index contributed by atoms with van der Waals surface area (Å²) >= 11 is 1.34. The lowest BCUT2D eigenvalue weighted by molar-refractivity contribution is -0.119. The fourth-order valence-electron chi connectivity index (χ4n) is 2.48. The summed E-state index contributed by atoms with van der Waals surface area (Å²) < 4.78 is 14.9. The van der Waals surface area contributed by atoms with Crippen LogP contribution in [0.5, 0.6) is 0 Å². The van der Waals surface area contributed by atoms with E-state index < -0.39 is 0 Å². The fraction of sp³-hybridized carbons (Fsp3) is 0.500. The SMILES string of the molecule is CC(C)C(NC(=O)CSc1nnnn1C1CC1)c1ccc(F)cc1. The Balaban J connectivity index is 1.59. The quantitative estimate of drug-likeness (QED) is 0.778. The van der Waals surface area contributed by atoms with Gasteiger partial charge in [-0.2, -0.15) is 0 Å². The second kappa shape index (κ2) is 7.29. The van der Waals surface area contributed by atoms with Crippen molar-refractivity contribution in [3.63, 3.8) is 0 Å². The van der Waals surface area contributed by atoms with Gasteiger partial charge in [0.1, 0.15) is 5.82 Å². The molecule has 1 aliphatic rings. The van der Waals surface area contributed by atoms with Crippen molar-refractivity contribution < 1.29 is 9.18 Å². The molecule has 1 aromatic heterocycles. The maximum Gasteiger partial charge on any atom is 0.230 e. The van der Waals surface area contributed by atoms with Crippen LogP contribution in [0.3, 0.4) is 0 Å². The van der Waals surface area contributed by atoms with Gasteiger partial charge in [-0.1, -0.05) is 37.7 Å². The van der Waals surface area contributed by atoms with Gasteiger partial charge in [0.05, 0.1) is 17.8 Å². The number of nitrogens with one attached hydrogen (secondary N) is 1. The number of carbonyl (C=O) groups is 1. The number of benzene rings is 1. The van der Waals surface area contributed by atoms with Crippen LogP contribution in [0.4, 0.5) is 4.39 Å². The summed E-state index contributed by atoms with van der Waals surface area (Å²) in [5, 5.41) is 15.3. The van der Waals surface area contributed by atoms with Crippen LogP contribution in [0.1, 0.15) is 44.3 Å². The van der Waals surface area contributed by atoms with Crippen LogP contribution in [0.25, 0.3) is 0 Å². The Morgan fingerprint density at radius 2 is 2.08 bits per heavy atom. The minimum atomic E-state index is -0.282. The molecule has 1 amide bonds. The molecule has 1 saturated carbocycles. The largest absolute Gasteiger partial charge is 0.348 e. The number of aromatic nitrogens is 4.